The van der Waals surface area contributed by atoms with Crippen molar-refractivity contribution in [3.05, 3.63) is 35.9 Å². The van der Waals surface area contributed by atoms with Crippen molar-refractivity contribution in [2.45, 2.75) is 32.2 Å². The molecule has 1 fully saturated rings. The molecule has 5 heteroatoms. The van der Waals surface area contributed by atoms with Crippen molar-refractivity contribution in [1.29, 1.82) is 0 Å². The highest BCUT2D eigenvalue weighted by Crippen LogP contribution is 2.21. The zero-order valence-corrected chi connectivity index (χ0v) is 13.0. The highest BCUT2D eigenvalue weighted by atomic mass is 16.4. The van der Waals surface area contributed by atoms with Gasteiger partial charge in [-0.25, -0.2) is 0 Å². The number of likely N-dealkylation sites (tertiary alicyclic amines) is 1. The van der Waals surface area contributed by atoms with E-state index in [-0.39, 0.29) is 12.5 Å². The average Bonchev–Trinajstić information content (AvgIpc) is 2.50. The van der Waals surface area contributed by atoms with Crippen molar-refractivity contribution >= 4 is 11.9 Å². The topological polar surface area (TPSA) is 69.6 Å². The van der Waals surface area contributed by atoms with Crippen LogP contribution in [-0.2, 0) is 16.0 Å². The molecule has 1 heterocycles. The third kappa shape index (κ3) is 5.15. The van der Waals surface area contributed by atoms with Crippen LogP contribution in [0, 0.1) is 5.92 Å². The lowest BCUT2D eigenvalue weighted by Crippen LogP contribution is -2.46. The number of carbonyl (C=O) groups is 2. The Labute approximate surface area is 131 Å². The largest absolute Gasteiger partial charge is 0.480 e. The van der Waals surface area contributed by atoms with Crippen LogP contribution >= 0.6 is 0 Å². The molecule has 2 N–H and O–H groups in total. The van der Waals surface area contributed by atoms with Crippen LogP contribution in [0.4, 0.5) is 0 Å². The second kappa shape index (κ2) is 7.94. The second-order valence-corrected chi connectivity index (χ2v) is 6.04. The number of carboxylic acid groups (broad SMARTS) is 1. The standard InChI is InChI=1S/C17H24N2O3/c1-13(17(21)22)18-16(20)12-19-9-7-15(8-10-19)11-14-5-3-2-4-6-14/h2-6,13,15H,7-12H2,1H3,(H,18,20)(H,21,22). The van der Waals surface area contributed by atoms with Crippen molar-refractivity contribution in [2.24, 2.45) is 5.92 Å². The summed E-state index contributed by atoms with van der Waals surface area (Å²) < 4.78 is 0. The summed E-state index contributed by atoms with van der Waals surface area (Å²) in [6, 6.07) is 9.66. The van der Waals surface area contributed by atoms with E-state index in [0.29, 0.717) is 5.92 Å². The van der Waals surface area contributed by atoms with Gasteiger partial charge in [0.2, 0.25) is 5.91 Å². The van der Waals surface area contributed by atoms with Gasteiger partial charge in [-0.3, -0.25) is 14.5 Å². The van der Waals surface area contributed by atoms with Gasteiger partial charge in [-0.1, -0.05) is 30.3 Å². The van der Waals surface area contributed by atoms with Gasteiger partial charge in [0.25, 0.3) is 0 Å². The molecule has 1 aliphatic heterocycles. The molecular weight excluding hydrogens is 280 g/mol. The van der Waals surface area contributed by atoms with E-state index in [1.807, 2.05) is 6.07 Å². The lowest BCUT2D eigenvalue weighted by Gasteiger charge is -2.31. The smallest absolute Gasteiger partial charge is 0.325 e. The first-order chi connectivity index (χ1) is 10.5. The zero-order chi connectivity index (χ0) is 15.9. The van der Waals surface area contributed by atoms with E-state index in [0.717, 1.165) is 32.4 Å². The van der Waals surface area contributed by atoms with Crippen LogP contribution in [0.15, 0.2) is 30.3 Å². The number of rotatable bonds is 6. The van der Waals surface area contributed by atoms with Crippen molar-refractivity contribution in [2.75, 3.05) is 19.6 Å². The van der Waals surface area contributed by atoms with E-state index >= 15 is 0 Å². The Balaban J connectivity index is 1.71. The number of piperidine rings is 1. The van der Waals surface area contributed by atoms with Crippen LogP contribution in [0.3, 0.4) is 0 Å². The number of benzene rings is 1. The normalized spacial score (nSPS) is 17.9. The lowest BCUT2D eigenvalue weighted by atomic mass is 9.90. The summed E-state index contributed by atoms with van der Waals surface area (Å²) in [5.41, 5.74) is 1.37. The summed E-state index contributed by atoms with van der Waals surface area (Å²) in [7, 11) is 0. The minimum atomic E-state index is -1.00. The summed E-state index contributed by atoms with van der Waals surface area (Å²) in [6.07, 6.45) is 3.25. The average molecular weight is 304 g/mol. The molecule has 1 saturated heterocycles. The summed E-state index contributed by atoms with van der Waals surface area (Å²) in [4.78, 5) is 24.6. The first-order valence-electron chi connectivity index (χ1n) is 7.83. The van der Waals surface area contributed by atoms with Crippen LogP contribution < -0.4 is 5.32 Å². The van der Waals surface area contributed by atoms with E-state index in [9.17, 15) is 9.59 Å². The van der Waals surface area contributed by atoms with Crippen LogP contribution in [0.1, 0.15) is 25.3 Å². The fourth-order valence-electron chi connectivity index (χ4n) is 2.85. The van der Waals surface area contributed by atoms with Crippen LogP contribution in [0.2, 0.25) is 0 Å². The molecule has 1 amide bonds. The molecule has 0 spiro atoms. The fourth-order valence-corrected chi connectivity index (χ4v) is 2.85. The van der Waals surface area contributed by atoms with Gasteiger partial charge < -0.3 is 10.4 Å². The van der Waals surface area contributed by atoms with Crippen LogP contribution in [0.25, 0.3) is 0 Å². The maximum absolute atomic E-state index is 11.8. The van der Waals surface area contributed by atoms with Crippen LogP contribution in [-0.4, -0.2) is 47.6 Å². The Morgan fingerprint density at radius 1 is 1.27 bits per heavy atom. The first kappa shape index (κ1) is 16.5. The Morgan fingerprint density at radius 2 is 1.91 bits per heavy atom. The summed E-state index contributed by atoms with van der Waals surface area (Å²) in [6.45, 7) is 3.56. The van der Waals surface area contributed by atoms with Crippen molar-refractivity contribution in [3.63, 3.8) is 0 Å². The molecular formula is C17H24N2O3. The number of nitrogens with one attached hydrogen (secondary N) is 1. The Kier molecular flexibility index (Phi) is 5.95. The molecule has 120 valence electrons. The van der Waals surface area contributed by atoms with Gasteiger partial charge in [-0.15, -0.1) is 0 Å². The van der Waals surface area contributed by atoms with Crippen molar-refractivity contribution in [3.8, 4) is 0 Å². The van der Waals surface area contributed by atoms with Gasteiger partial charge in [-0.2, -0.15) is 0 Å². The SMILES string of the molecule is CC(NC(=O)CN1CCC(Cc2ccccc2)CC1)C(=O)O. The molecule has 0 saturated carbocycles. The number of nitrogens with zero attached hydrogens (tertiary/aromatic N) is 1. The van der Waals surface area contributed by atoms with E-state index in [1.54, 1.807) is 0 Å². The summed E-state index contributed by atoms with van der Waals surface area (Å²) in [5, 5.41) is 11.3. The molecule has 1 aromatic rings. The van der Waals surface area contributed by atoms with E-state index in [2.05, 4.69) is 34.5 Å². The predicted molar refractivity (Wildman–Crippen MR) is 84.6 cm³/mol. The number of hydrogen-bond acceptors (Lipinski definition) is 3. The minimum absolute atomic E-state index is 0.212. The van der Waals surface area contributed by atoms with Gasteiger partial charge in [0, 0.05) is 0 Å². The molecule has 0 radical (unpaired) electrons. The van der Waals surface area contributed by atoms with Gasteiger partial charge >= 0.3 is 5.97 Å². The predicted octanol–water partition coefficient (Wildman–Crippen LogP) is 1.53. The van der Waals surface area contributed by atoms with E-state index in [4.69, 9.17) is 5.11 Å². The second-order valence-electron chi connectivity index (χ2n) is 6.04. The number of hydrogen-bond donors (Lipinski definition) is 2. The monoisotopic (exact) mass is 304 g/mol. The quantitative estimate of drug-likeness (QED) is 0.836. The Hall–Kier alpha value is -1.88. The number of amides is 1. The molecule has 1 aliphatic rings. The third-order valence-corrected chi connectivity index (χ3v) is 4.19. The van der Waals surface area contributed by atoms with Gasteiger partial charge in [0.15, 0.2) is 0 Å². The zero-order valence-electron chi connectivity index (χ0n) is 13.0. The molecule has 1 aromatic carbocycles. The summed E-state index contributed by atoms with van der Waals surface area (Å²) >= 11 is 0. The van der Waals surface area contributed by atoms with Gasteiger partial charge in [0.05, 0.1) is 6.54 Å². The highest BCUT2D eigenvalue weighted by molar-refractivity contribution is 5.84. The number of carbonyl (C=O) groups excluding carboxylic acids is 1. The number of aliphatic carboxylic acids is 1. The molecule has 2 rings (SSSR count). The maximum atomic E-state index is 11.8. The van der Waals surface area contributed by atoms with E-state index < -0.39 is 12.0 Å². The van der Waals surface area contributed by atoms with Crippen molar-refractivity contribution < 1.29 is 14.7 Å². The molecule has 1 unspecified atom stereocenters. The highest BCUT2D eigenvalue weighted by Gasteiger charge is 2.22. The molecule has 5 nitrogen and oxygen atoms in total. The van der Waals surface area contributed by atoms with Crippen molar-refractivity contribution in [1.82, 2.24) is 10.2 Å². The molecule has 22 heavy (non-hydrogen) atoms. The Morgan fingerprint density at radius 3 is 2.50 bits per heavy atom. The molecule has 1 atom stereocenters. The maximum Gasteiger partial charge on any atom is 0.325 e. The molecule has 0 aromatic heterocycles. The molecule has 0 aliphatic carbocycles. The third-order valence-electron chi connectivity index (χ3n) is 4.19. The van der Waals surface area contributed by atoms with Crippen LogP contribution in [0.5, 0.6) is 0 Å². The lowest BCUT2D eigenvalue weighted by molar-refractivity contribution is -0.141. The minimum Gasteiger partial charge on any atom is -0.480 e. The van der Waals surface area contributed by atoms with Gasteiger partial charge in [-0.05, 0) is 50.8 Å². The summed E-state index contributed by atoms with van der Waals surface area (Å²) in [5.74, 6) is -0.550. The Bertz CT molecular complexity index is 496. The number of carboxylic acids is 1. The molecule has 0 bridgehead atoms. The fraction of sp³-hybridized carbons (Fsp3) is 0.529. The van der Waals surface area contributed by atoms with Gasteiger partial charge in [0.1, 0.15) is 6.04 Å². The first-order valence-corrected chi connectivity index (χ1v) is 7.83. The van der Waals surface area contributed by atoms with E-state index in [1.165, 1.54) is 12.5 Å².